The fourth-order valence-electron chi connectivity index (χ4n) is 1.94. The predicted molar refractivity (Wildman–Crippen MR) is 64.2 cm³/mol. The van der Waals surface area contributed by atoms with Crippen LogP contribution < -0.4 is 15.8 Å². The Labute approximate surface area is 98.8 Å². The Hall–Kier alpha value is -1.07. The number of halogens is 1. The second-order valence-electron chi connectivity index (χ2n) is 4.51. The topological polar surface area (TPSA) is 61.0 Å². The highest BCUT2D eigenvalue weighted by molar-refractivity contribution is 6.32. The van der Waals surface area contributed by atoms with E-state index in [0.717, 1.165) is 19.6 Å². The standard InChI is InChI=1S/C10H15ClN4O/c1-10(2)5-12-3-4-15(10)8-7(11)9(16)14-6-13-8/h6,12H,3-5H2,1-2H3,(H,13,14,16). The minimum absolute atomic E-state index is 0.0946. The van der Waals surface area contributed by atoms with Gasteiger partial charge in [-0.05, 0) is 13.8 Å². The lowest BCUT2D eigenvalue weighted by Gasteiger charge is -2.43. The zero-order valence-corrected chi connectivity index (χ0v) is 10.1. The molecule has 1 fully saturated rings. The Kier molecular flexibility index (Phi) is 2.90. The molecule has 1 aromatic heterocycles. The lowest BCUT2D eigenvalue weighted by Crippen LogP contribution is -2.58. The molecule has 2 N–H and O–H groups in total. The summed E-state index contributed by atoms with van der Waals surface area (Å²) in [6.07, 6.45) is 1.39. The van der Waals surface area contributed by atoms with E-state index in [1.54, 1.807) is 0 Å². The SMILES string of the molecule is CC1(C)CNCCN1c1nc[nH]c(=O)c1Cl. The van der Waals surface area contributed by atoms with E-state index in [1.165, 1.54) is 6.33 Å². The normalized spacial score (nSPS) is 19.8. The number of hydrogen-bond acceptors (Lipinski definition) is 4. The van der Waals surface area contributed by atoms with Crippen molar-refractivity contribution in [2.45, 2.75) is 19.4 Å². The number of hydrogen-bond donors (Lipinski definition) is 2. The highest BCUT2D eigenvalue weighted by Crippen LogP contribution is 2.26. The van der Waals surface area contributed by atoms with Crippen molar-refractivity contribution < 1.29 is 0 Å². The van der Waals surface area contributed by atoms with Crippen LogP contribution in [0.15, 0.2) is 11.1 Å². The van der Waals surface area contributed by atoms with Crippen molar-refractivity contribution in [3.63, 3.8) is 0 Å². The molecule has 0 atom stereocenters. The summed E-state index contributed by atoms with van der Waals surface area (Å²) in [5.74, 6) is 0.567. The third-order valence-corrected chi connectivity index (χ3v) is 3.17. The summed E-state index contributed by atoms with van der Waals surface area (Å²) in [6.45, 7) is 6.70. The first-order valence-electron chi connectivity index (χ1n) is 5.24. The number of rotatable bonds is 1. The number of nitrogens with zero attached hydrogens (tertiary/aromatic N) is 2. The molecule has 16 heavy (non-hydrogen) atoms. The molecule has 1 aromatic rings. The van der Waals surface area contributed by atoms with Gasteiger partial charge in [-0.15, -0.1) is 0 Å². The quantitative estimate of drug-likeness (QED) is 0.758. The van der Waals surface area contributed by atoms with Crippen molar-refractivity contribution in [3.05, 3.63) is 21.7 Å². The van der Waals surface area contributed by atoms with E-state index in [1.807, 2.05) is 0 Å². The minimum Gasteiger partial charge on any atom is -0.347 e. The smallest absolute Gasteiger partial charge is 0.271 e. The fourth-order valence-corrected chi connectivity index (χ4v) is 2.14. The van der Waals surface area contributed by atoms with Crippen LogP contribution >= 0.6 is 11.6 Å². The molecule has 2 heterocycles. The van der Waals surface area contributed by atoms with Crippen LogP contribution in [-0.4, -0.2) is 35.1 Å². The van der Waals surface area contributed by atoms with Crippen LogP contribution in [0.5, 0.6) is 0 Å². The number of aromatic nitrogens is 2. The van der Waals surface area contributed by atoms with Crippen molar-refractivity contribution in [2.24, 2.45) is 0 Å². The van der Waals surface area contributed by atoms with Crippen LogP contribution in [-0.2, 0) is 0 Å². The van der Waals surface area contributed by atoms with Gasteiger partial charge >= 0.3 is 0 Å². The van der Waals surface area contributed by atoms with Crippen molar-refractivity contribution in [3.8, 4) is 0 Å². The molecule has 0 aliphatic carbocycles. The molecular weight excluding hydrogens is 228 g/mol. The average Bonchev–Trinajstić information content (AvgIpc) is 2.22. The van der Waals surface area contributed by atoms with Gasteiger partial charge in [-0.25, -0.2) is 4.98 Å². The molecular formula is C10H15ClN4O. The Morgan fingerprint density at radius 2 is 2.31 bits per heavy atom. The Balaban J connectivity index is 2.43. The van der Waals surface area contributed by atoms with Gasteiger partial charge in [0.2, 0.25) is 0 Å². The van der Waals surface area contributed by atoms with E-state index < -0.39 is 0 Å². The van der Waals surface area contributed by atoms with Gasteiger partial charge in [-0.3, -0.25) is 4.79 Å². The molecule has 0 unspecified atom stereocenters. The number of aromatic amines is 1. The van der Waals surface area contributed by atoms with Crippen molar-refractivity contribution in [1.29, 1.82) is 0 Å². The summed E-state index contributed by atoms with van der Waals surface area (Å²) in [5.41, 5.74) is -0.385. The summed E-state index contributed by atoms with van der Waals surface area (Å²) in [6, 6.07) is 0. The molecule has 0 bridgehead atoms. The monoisotopic (exact) mass is 242 g/mol. The van der Waals surface area contributed by atoms with E-state index >= 15 is 0 Å². The molecule has 6 heteroatoms. The lowest BCUT2D eigenvalue weighted by atomic mass is 10.0. The van der Waals surface area contributed by atoms with Crippen molar-refractivity contribution >= 4 is 17.4 Å². The Morgan fingerprint density at radius 1 is 1.56 bits per heavy atom. The Bertz CT molecular complexity index is 443. The zero-order valence-electron chi connectivity index (χ0n) is 9.38. The van der Waals surface area contributed by atoms with Crippen LogP contribution in [0.25, 0.3) is 0 Å². The van der Waals surface area contributed by atoms with Crippen molar-refractivity contribution in [2.75, 3.05) is 24.5 Å². The van der Waals surface area contributed by atoms with Gasteiger partial charge in [0.25, 0.3) is 5.56 Å². The first kappa shape index (κ1) is 11.4. The number of piperazine rings is 1. The van der Waals surface area contributed by atoms with Crippen LogP contribution in [0.2, 0.25) is 5.02 Å². The summed E-state index contributed by atoms with van der Waals surface area (Å²) in [4.78, 5) is 20.1. The van der Waals surface area contributed by atoms with E-state index in [2.05, 4.69) is 34.0 Å². The maximum atomic E-state index is 11.4. The molecule has 0 aromatic carbocycles. The van der Waals surface area contributed by atoms with Gasteiger partial charge in [0, 0.05) is 25.2 Å². The summed E-state index contributed by atoms with van der Waals surface area (Å²) < 4.78 is 0. The first-order valence-corrected chi connectivity index (χ1v) is 5.62. The average molecular weight is 243 g/mol. The maximum absolute atomic E-state index is 11.4. The van der Waals surface area contributed by atoms with Crippen LogP contribution in [0.4, 0.5) is 5.82 Å². The molecule has 1 saturated heterocycles. The third-order valence-electron chi connectivity index (χ3n) is 2.83. The van der Waals surface area contributed by atoms with E-state index in [4.69, 9.17) is 11.6 Å². The van der Waals surface area contributed by atoms with E-state index in [0.29, 0.717) is 5.82 Å². The fraction of sp³-hybridized carbons (Fsp3) is 0.600. The van der Waals surface area contributed by atoms with Gasteiger partial charge in [-0.1, -0.05) is 11.6 Å². The number of H-pyrrole nitrogens is 1. The molecule has 88 valence electrons. The highest BCUT2D eigenvalue weighted by atomic mass is 35.5. The molecule has 0 radical (unpaired) electrons. The zero-order chi connectivity index (χ0) is 11.8. The van der Waals surface area contributed by atoms with Crippen LogP contribution in [0.3, 0.4) is 0 Å². The Morgan fingerprint density at radius 3 is 3.00 bits per heavy atom. The summed E-state index contributed by atoms with van der Waals surface area (Å²) >= 11 is 5.99. The van der Waals surface area contributed by atoms with Gasteiger partial charge in [0.1, 0.15) is 5.02 Å². The first-order chi connectivity index (χ1) is 7.52. The second-order valence-corrected chi connectivity index (χ2v) is 4.89. The molecule has 1 aliphatic heterocycles. The molecule has 0 saturated carbocycles. The van der Waals surface area contributed by atoms with Crippen molar-refractivity contribution in [1.82, 2.24) is 15.3 Å². The van der Waals surface area contributed by atoms with E-state index in [9.17, 15) is 4.79 Å². The second kappa shape index (κ2) is 4.07. The maximum Gasteiger partial charge on any atom is 0.271 e. The molecule has 0 spiro atoms. The van der Waals surface area contributed by atoms with Gasteiger partial charge in [0.15, 0.2) is 5.82 Å². The highest BCUT2D eigenvalue weighted by Gasteiger charge is 2.32. The minimum atomic E-state index is -0.291. The summed E-state index contributed by atoms with van der Waals surface area (Å²) in [7, 11) is 0. The van der Waals surface area contributed by atoms with Gasteiger partial charge in [-0.2, -0.15) is 0 Å². The molecule has 5 nitrogen and oxygen atoms in total. The van der Waals surface area contributed by atoms with Gasteiger partial charge < -0.3 is 15.2 Å². The number of anilines is 1. The lowest BCUT2D eigenvalue weighted by molar-refractivity contribution is 0.377. The molecule has 1 aliphatic rings. The van der Waals surface area contributed by atoms with Crippen LogP contribution in [0.1, 0.15) is 13.8 Å². The largest absolute Gasteiger partial charge is 0.347 e. The molecule has 2 rings (SSSR count). The number of nitrogens with one attached hydrogen (secondary N) is 2. The predicted octanol–water partition coefficient (Wildman–Crippen LogP) is 0.611. The van der Waals surface area contributed by atoms with Gasteiger partial charge in [0.05, 0.1) is 6.33 Å². The molecule has 0 amide bonds. The summed E-state index contributed by atoms with van der Waals surface area (Å²) in [5, 5.41) is 3.47. The van der Waals surface area contributed by atoms with E-state index in [-0.39, 0.29) is 16.1 Å². The third kappa shape index (κ3) is 1.92. The van der Waals surface area contributed by atoms with Crippen LogP contribution in [0, 0.1) is 0 Å².